The molecule has 4 aromatic carbocycles. The van der Waals surface area contributed by atoms with E-state index in [0.717, 1.165) is 17.9 Å². The fraction of sp³-hybridized carbons (Fsp3) is 0.200. The van der Waals surface area contributed by atoms with E-state index in [1.54, 1.807) is 14.2 Å². The van der Waals surface area contributed by atoms with Crippen molar-refractivity contribution in [2.24, 2.45) is 0 Å². The summed E-state index contributed by atoms with van der Waals surface area (Å²) in [6.07, 6.45) is 1.09. The highest BCUT2D eigenvalue weighted by Gasteiger charge is 2.19. The van der Waals surface area contributed by atoms with Gasteiger partial charge in [-0.05, 0) is 65.4 Å². The van der Waals surface area contributed by atoms with Crippen molar-refractivity contribution in [3.05, 3.63) is 120 Å². The monoisotopic (exact) mass is 456 g/mol. The van der Waals surface area contributed by atoms with Crippen molar-refractivity contribution in [1.29, 1.82) is 0 Å². The Kier molecular flexibility index (Phi) is 9.46. The number of hydrogen-bond acceptors (Lipinski definition) is 3. The standard InChI is InChI=1S/C16H16S.2C7H8O/c1-11(2)13-7-5-9-16-14(13)10-12-6-3-4-8-15(12)17-16;2*1-8-7-5-3-2-4-6-7/h3-9,11H,10H2,1-2H3;2*2-6H,1H3. The lowest BCUT2D eigenvalue weighted by atomic mass is 9.92. The number of hydrogen-bond donors (Lipinski definition) is 0. The van der Waals surface area contributed by atoms with Gasteiger partial charge in [0.1, 0.15) is 11.5 Å². The van der Waals surface area contributed by atoms with Crippen LogP contribution in [-0.2, 0) is 6.42 Å². The molecule has 1 aliphatic rings. The number of ether oxygens (including phenoxy) is 2. The Labute approximate surface area is 202 Å². The molecule has 0 aromatic heterocycles. The summed E-state index contributed by atoms with van der Waals surface area (Å²) < 4.78 is 9.83. The summed E-state index contributed by atoms with van der Waals surface area (Å²) in [6.45, 7) is 4.56. The molecule has 170 valence electrons. The zero-order valence-electron chi connectivity index (χ0n) is 19.8. The number of rotatable bonds is 3. The molecule has 2 nitrogen and oxygen atoms in total. The smallest absolute Gasteiger partial charge is 0.118 e. The van der Waals surface area contributed by atoms with Gasteiger partial charge in [-0.2, -0.15) is 0 Å². The third-order valence-corrected chi connectivity index (χ3v) is 6.53. The van der Waals surface area contributed by atoms with Crippen molar-refractivity contribution in [3.8, 4) is 11.5 Å². The van der Waals surface area contributed by atoms with Crippen molar-refractivity contribution < 1.29 is 9.47 Å². The van der Waals surface area contributed by atoms with Crippen LogP contribution in [0.1, 0.15) is 36.5 Å². The fourth-order valence-corrected chi connectivity index (χ4v) is 4.69. The summed E-state index contributed by atoms with van der Waals surface area (Å²) in [5, 5.41) is 0. The molecule has 1 aliphatic heterocycles. The highest BCUT2D eigenvalue weighted by atomic mass is 32.2. The summed E-state index contributed by atoms with van der Waals surface area (Å²) in [7, 11) is 3.32. The van der Waals surface area contributed by atoms with E-state index in [-0.39, 0.29) is 0 Å². The predicted octanol–water partition coefficient (Wildman–Crippen LogP) is 8.26. The van der Waals surface area contributed by atoms with E-state index in [4.69, 9.17) is 9.47 Å². The van der Waals surface area contributed by atoms with Crippen molar-refractivity contribution in [3.63, 3.8) is 0 Å². The first-order valence-electron chi connectivity index (χ1n) is 11.2. The molecular formula is C30H32O2S. The molecule has 3 heteroatoms. The molecule has 0 amide bonds. The van der Waals surface area contributed by atoms with Gasteiger partial charge in [-0.15, -0.1) is 0 Å². The van der Waals surface area contributed by atoms with E-state index in [1.807, 2.05) is 72.4 Å². The van der Waals surface area contributed by atoms with Crippen LogP contribution in [0, 0.1) is 0 Å². The summed E-state index contributed by atoms with van der Waals surface area (Å²) in [4.78, 5) is 2.86. The largest absolute Gasteiger partial charge is 0.497 e. The van der Waals surface area contributed by atoms with Crippen molar-refractivity contribution in [1.82, 2.24) is 0 Å². The van der Waals surface area contributed by atoms with Gasteiger partial charge in [-0.3, -0.25) is 0 Å². The Bertz CT molecular complexity index is 1070. The lowest BCUT2D eigenvalue weighted by Gasteiger charge is -2.23. The maximum Gasteiger partial charge on any atom is 0.118 e. The van der Waals surface area contributed by atoms with Crippen LogP contribution in [0.15, 0.2) is 113 Å². The molecular weight excluding hydrogens is 424 g/mol. The Morgan fingerprint density at radius 3 is 1.64 bits per heavy atom. The van der Waals surface area contributed by atoms with Crippen LogP contribution >= 0.6 is 11.8 Å². The molecule has 0 fully saturated rings. The van der Waals surface area contributed by atoms with Gasteiger partial charge in [-0.25, -0.2) is 0 Å². The molecule has 0 aliphatic carbocycles. The van der Waals surface area contributed by atoms with E-state index in [1.165, 1.54) is 26.5 Å². The van der Waals surface area contributed by atoms with Crippen molar-refractivity contribution in [2.75, 3.05) is 14.2 Å². The average molecular weight is 457 g/mol. The van der Waals surface area contributed by atoms with Crippen LogP contribution in [0.2, 0.25) is 0 Å². The van der Waals surface area contributed by atoms with Crippen LogP contribution in [0.3, 0.4) is 0 Å². The SMILES string of the molecule is CC(C)c1cccc2c1Cc1ccccc1S2.COc1ccccc1.COc1ccccc1. The number of benzene rings is 4. The molecule has 4 aromatic rings. The lowest BCUT2D eigenvalue weighted by molar-refractivity contribution is 0.414. The van der Waals surface area contributed by atoms with E-state index >= 15 is 0 Å². The van der Waals surface area contributed by atoms with E-state index in [0.29, 0.717) is 5.92 Å². The average Bonchev–Trinajstić information content (AvgIpc) is 2.88. The summed E-state index contributed by atoms with van der Waals surface area (Å²) in [6, 6.07) is 34.8. The van der Waals surface area contributed by atoms with Gasteiger partial charge in [0.05, 0.1) is 14.2 Å². The first-order valence-corrected chi connectivity index (χ1v) is 12.0. The molecule has 0 unspecified atom stereocenters. The topological polar surface area (TPSA) is 18.5 Å². The predicted molar refractivity (Wildman–Crippen MR) is 140 cm³/mol. The van der Waals surface area contributed by atoms with Crippen LogP contribution in [0.25, 0.3) is 0 Å². The molecule has 0 saturated heterocycles. The normalized spacial score (nSPS) is 11.1. The zero-order valence-corrected chi connectivity index (χ0v) is 20.6. The Morgan fingerprint density at radius 1 is 0.606 bits per heavy atom. The molecule has 0 bridgehead atoms. The molecule has 5 rings (SSSR count). The number of methoxy groups -OCH3 is 2. The second kappa shape index (κ2) is 12.8. The third kappa shape index (κ3) is 7.16. The maximum absolute atomic E-state index is 4.91. The minimum Gasteiger partial charge on any atom is -0.497 e. The Balaban J connectivity index is 0.000000160. The summed E-state index contributed by atoms with van der Waals surface area (Å²) in [5.41, 5.74) is 4.51. The molecule has 0 radical (unpaired) electrons. The van der Waals surface area contributed by atoms with Crippen LogP contribution in [0.5, 0.6) is 11.5 Å². The third-order valence-electron chi connectivity index (χ3n) is 5.31. The Morgan fingerprint density at radius 2 is 1.12 bits per heavy atom. The van der Waals surface area contributed by atoms with E-state index in [2.05, 4.69) is 56.3 Å². The summed E-state index contributed by atoms with van der Waals surface area (Å²) >= 11 is 1.91. The Hall–Kier alpha value is -3.17. The highest BCUT2D eigenvalue weighted by Crippen LogP contribution is 2.41. The number of para-hydroxylation sites is 2. The van der Waals surface area contributed by atoms with Crippen LogP contribution < -0.4 is 9.47 Å². The van der Waals surface area contributed by atoms with Gasteiger partial charge in [0, 0.05) is 9.79 Å². The van der Waals surface area contributed by atoms with Crippen LogP contribution in [0.4, 0.5) is 0 Å². The van der Waals surface area contributed by atoms with Gasteiger partial charge in [0.25, 0.3) is 0 Å². The van der Waals surface area contributed by atoms with E-state index < -0.39 is 0 Å². The second-order valence-electron chi connectivity index (χ2n) is 7.90. The van der Waals surface area contributed by atoms with Gasteiger partial charge in [-0.1, -0.05) is 92.3 Å². The molecule has 33 heavy (non-hydrogen) atoms. The van der Waals surface area contributed by atoms with Crippen LogP contribution in [-0.4, -0.2) is 14.2 Å². The van der Waals surface area contributed by atoms with Gasteiger partial charge in [0.15, 0.2) is 0 Å². The molecule has 0 saturated carbocycles. The van der Waals surface area contributed by atoms with Gasteiger partial charge >= 0.3 is 0 Å². The zero-order chi connectivity index (χ0) is 23.5. The fourth-order valence-electron chi connectivity index (χ4n) is 3.58. The van der Waals surface area contributed by atoms with Crippen molar-refractivity contribution >= 4 is 11.8 Å². The minimum atomic E-state index is 0.607. The van der Waals surface area contributed by atoms with Gasteiger partial charge in [0.2, 0.25) is 0 Å². The molecule has 0 atom stereocenters. The molecule has 1 heterocycles. The van der Waals surface area contributed by atoms with Gasteiger partial charge < -0.3 is 9.47 Å². The summed E-state index contributed by atoms with van der Waals surface area (Å²) in [5.74, 6) is 2.43. The maximum atomic E-state index is 4.91. The quantitative estimate of drug-likeness (QED) is 0.272. The lowest BCUT2D eigenvalue weighted by Crippen LogP contribution is -2.04. The highest BCUT2D eigenvalue weighted by molar-refractivity contribution is 7.99. The van der Waals surface area contributed by atoms with E-state index in [9.17, 15) is 0 Å². The molecule has 0 spiro atoms. The second-order valence-corrected chi connectivity index (χ2v) is 8.98. The number of fused-ring (bicyclic) bond motifs is 2. The molecule has 0 N–H and O–H groups in total. The first-order chi connectivity index (χ1) is 16.1. The minimum absolute atomic E-state index is 0.607. The first kappa shape index (κ1) is 24.5. The van der Waals surface area contributed by atoms with Crippen molar-refractivity contribution in [2.45, 2.75) is 36.0 Å².